The molecule has 1 unspecified atom stereocenters. The minimum atomic E-state index is -0.205. The maximum Gasteiger partial charge on any atom is 0.287 e. The second-order valence-electron chi connectivity index (χ2n) is 4.94. The van der Waals surface area contributed by atoms with E-state index in [4.69, 9.17) is 11.6 Å². The van der Waals surface area contributed by atoms with Crippen molar-refractivity contribution in [3.05, 3.63) is 21.6 Å². The molecule has 106 valence electrons. The number of nitrogens with zero attached hydrogens (tertiary/aromatic N) is 2. The molecule has 1 aliphatic heterocycles. The van der Waals surface area contributed by atoms with E-state index < -0.39 is 0 Å². The van der Waals surface area contributed by atoms with Gasteiger partial charge in [0.15, 0.2) is 0 Å². The van der Waals surface area contributed by atoms with Gasteiger partial charge in [-0.2, -0.15) is 5.10 Å². The fraction of sp³-hybridized carbons (Fsp3) is 0.692. The first-order valence-corrected chi connectivity index (χ1v) is 7.33. The Morgan fingerprint density at radius 2 is 2.47 bits per heavy atom. The van der Waals surface area contributed by atoms with Gasteiger partial charge in [-0.25, -0.2) is 4.68 Å². The summed E-state index contributed by atoms with van der Waals surface area (Å²) in [5.74, 6) is 0. The van der Waals surface area contributed by atoms with Gasteiger partial charge in [-0.1, -0.05) is 24.9 Å². The van der Waals surface area contributed by atoms with Crippen molar-refractivity contribution >= 4 is 17.3 Å². The molecule has 0 bridgehead atoms. The third-order valence-electron chi connectivity index (χ3n) is 3.36. The van der Waals surface area contributed by atoms with Gasteiger partial charge in [-0.05, 0) is 25.8 Å². The van der Waals surface area contributed by atoms with Gasteiger partial charge < -0.3 is 10.6 Å². The van der Waals surface area contributed by atoms with E-state index in [0.717, 1.165) is 38.8 Å². The quantitative estimate of drug-likeness (QED) is 0.866. The molecule has 1 atom stereocenters. The normalized spacial score (nSPS) is 19.4. The summed E-state index contributed by atoms with van der Waals surface area (Å²) in [6.45, 7) is 4.66. The lowest BCUT2D eigenvalue weighted by molar-refractivity contribution is 0.479. The summed E-state index contributed by atoms with van der Waals surface area (Å²) in [7, 11) is 0. The third-order valence-corrected chi connectivity index (χ3v) is 3.73. The van der Waals surface area contributed by atoms with E-state index >= 15 is 0 Å². The number of hydrogen-bond donors (Lipinski definition) is 2. The van der Waals surface area contributed by atoms with Crippen LogP contribution in [-0.4, -0.2) is 28.9 Å². The van der Waals surface area contributed by atoms with Crippen LogP contribution < -0.4 is 16.2 Å². The Morgan fingerprint density at radius 3 is 3.16 bits per heavy atom. The van der Waals surface area contributed by atoms with Crippen LogP contribution in [0.2, 0.25) is 5.02 Å². The van der Waals surface area contributed by atoms with E-state index in [-0.39, 0.29) is 10.6 Å². The molecule has 0 spiro atoms. The van der Waals surface area contributed by atoms with E-state index in [1.807, 2.05) is 0 Å². The summed E-state index contributed by atoms with van der Waals surface area (Å²) < 4.78 is 1.44. The first-order chi connectivity index (χ1) is 9.22. The molecule has 0 saturated carbocycles. The number of hydrogen-bond acceptors (Lipinski definition) is 4. The Morgan fingerprint density at radius 1 is 1.63 bits per heavy atom. The molecule has 19 heavy (non-hydrogen) atoms. The zero-order valence-corrected chi connectivity index (χ0v) is 12.0. The molecule has 6 heteroatoms. The molecular formula is C13H21ClN4O. The van der Waals surface area contributed by atoms with Crippen LogP contribution in [0.15, 0.2) is 11.0 Å². The minimum Gasteiger partial charge on any atom is -0.378 e. The molecule has 0 amide bonds. The molecule has 1 saturated heterocycles. The van der Waals surface area contributed by atoms with Crippen LogP contribution in [0.25, 0.3) is 0 Å². The highest BCUT2D eigenvalue weighted by Gasteiger charge is 2.16. The Bertz CT molecular complexity index is 468. The molecule has 1 fully saturated rings. The number of rotatable bonds is 5. The van der Waals surface area contributed by atoms with Gasteiger partial charge in [0.1, 0.15) is 5.02 Å². The van der Waals surface area contributed by atoms with E-state index in [9.17, 15) is 4.79 Å². The number of nitrogens with one attached hydrogen (secondary N) is 2. The molecule has 5 nitrogen and oxygen atoms in total. The minimum absolute atomic E-state index is 0.205. The Labute approximate surface area is 118 Å². The second kappa shape index (κ2) is 6.91. The van der Waals surface area contributed by atoms with E-state index in [2.05, 4.69) is 22.7 Å². The fourth-order valence-electron chi connectivity index (χ4n) is 2.23. The molecule has 0 aliphatic carbocycles. The number of aromatic nitrogens is 2. The lowest BCUT2D eigenvalue weighted by atomic mass is 10.1. The predicted molar refractivity (Wildman–Crippen MR) is 77.9 cm³/mol. The van der Waals surface area contributed by atoms with Crippen molar-refractivity contribution in [1.29, 1.82) is 0 Å². The van der Waals surface area contributed by atoms with Gasteiger partial charge in [-0.3, -0.25) is 4.79 Å². The van der Waals surface area contributed by atoms with Gasteiger partial charge in [0.2, 0.25) is 0 Å². The summed E-state index contributed by atoms with van der Waals surface area (Å²) in [6.07, 6.45) is 5.84. The molecule has 0 aromatic carbocycles. The predicted octanol–water partition coefficient (Wildman–Crippen LogP) is 1.86. The lowest BCUT2D eigenvalue weighted by Crippen LogP contribution is -2.39. The van der Waals surface area contributed by atoms with Crippen molar-refractivity contribution in [1.82, 2.24) is 15.1 Å². The number of unbranched alkanes of at least 4 members (excludes halogenated alkanes) is 1. The highest BCUT2D eigenvalue weighted by molar-refractivity contribution is 6.32. The summed E-state index contributed by atoms with van der Waals surface area (Å²) in [6, 6.07) is 0.318. The second-order valence-corrected chi connectivity index (χ2v) is 5.32. The first kappa shape index (κ1) is 14.3. The summed E-state index contributed by atoms with van der Waals surface area (Å²) in [5.41, 5.74) is 0.442. The fourth-order valence-corrected chi connectivity index (χ4v) is 2.43. The van der Waals surface area contributed by atoms with Crippen LogP contribution in [0.3, 0.4) is 0 Å². The van der Waals surface area contributed by atoms with Crippen molar-refractivity contribution < 1.29 is 0 Å². The zero-order chi connectivity index (χ0) is 13.7. The average molecular weight is 285 g/mol. The summed E-state index contributed by atoms with van der Waals surface area (Å²) in [5, 5.41) is 11.0. The van der Waals surface area contributed by atoms with Gasteiger partial charge in [0.25, 0.3) is 5.56 Å². The molecule has 2 N–H and O–H groups in total. The highest BCUT2D eigenvalue weighted by atomic mass is 35.5. The van der Waals surface area contributed by atoms with Gasteiger partial charge in [-0.15, -0.1) is 0 Å². The zero-order valence-electron chi connectivity index (χ0n) is 11.3. The number of anilines is 1. The van der Waals surface area contributed by atoms with Crippen molar-refractivity contribution in [2.45, 2.75) is 45.2 Å². The number of piperidine rings is 1. The van der Waals surface area contributed by atoms with Crippen LogP contribution >= 0.6 is 11.6 Å². The Hall–Kier alpha value is -1.07. The van der Waals surface area contributed by atoms with Gasteiger partial charge in [0.05, 0.1) is 11.9 Å². The van der Waals surface area contributed by atoms with E-state index in [1.54, 1.807) is 6.20 Å². The van der Waals surface area contributed by atoms with Crippen LogP contribution in [0.1, 0.15) is 32.6 Å². The van der Waals surface area contributed by atoms with Crippen molar-refractivity contribution in [3.63, 3.8) is 0 Å². The Balaban J connectivity index is 2.09. The van der Waals surface area contributed by atoms with Crippen molar-refractivity contribution in [2.75, 3.05) is 18.4 Å². The average Bonchev–Trinajstić information content (AvgIpc) is 2.44. The standard InChI is InChI=1S/C13H21ClN4O/c1-2-3-7-18-13(19)12(14)11(9-16-18)17-10-5-4-6-15-8-10/h9-10,15,17H,2-8H2,1H3. The number of aryl methyl sites for hydroxylation is 1. The largest absolute Gasteiger partial charge is 0.378 e. The van der Waals surface area contributed by atoms with Crippen LogP contribution in [0.4, 0.5) is 5.69 Å². The summed E-state index contributed by atoms with van der Waals surface area (Å²) in [4.78, 5) is 12.0. The SMILES string of the molecule is CCCCn1ncc(NC2CCCNC2)c(Cl)c1=O. The topological polar surface area (TPSA) is 59.0 Å². The molecular weight excluding hydrogens is 264 g/mol. The highest BCUT2D eigenvalue weighted by Crippen LogP contribution is 2.18. The maximum absolute atomic E-state index is 12.0. The van der Waals surface area contributed by atoms with Gasteiger partial charge in [0, 0.05) is 19.1 Å². The number of halogens is 1. The molecule has 1 aromatic heterocycles. The maximum atomic E-state index is 12.0. The van der Waals surface area contributed by atoms with Crippen LogP contribution in [0, 0.1) is 0 Å². The molecule has 1 aromatic rings. The lowest BCUT2D eigenvalue weighted by Gasteiger charge is -2.25. The molecule has 2 heterocycles. The van der Waals surface area contributed by atoms with Crippen molar-refractivity contribution in [3.8, 4) is 0 Å². The van der Waals surface area contributed by atoms with Gasteiger partial charge >= 0.3 is 0 Å². The third kappa shape index (κ3) is 3.70. The summed E-state index contributed by atoms with van der Waals surface area (Å²) >= 11 is 6.14. The smallest absolute Gasteiger partial charge is 0.287 e. The monoisotopic (exact) mass is 284 g/mol. The van der Waals surface area contributed by atoms with Crippen LogP contribution in [-0.2, 0) is 6.54 Å². The molecule has 1 aliphatic rings. The molecule has 2 rings (SSSR count). The van der Waals surface area contributed by atoms with Crippen molar-refractivity contribution in [2.24, 2.45) is 0 Å². The van der Waals surface area contributed by atoms with Crippen LogP contribution in [0.5, 0.6) is 0 Å². The first-order valence-electron chi connectivity index (χ1n) is 6.95. The van der Waals surface area contributed by atoms with E-state index in [1.165, 1.54) is 4.68 Å². The Kier molecular flexibility index (Phi) is 5.22. The molecule has 0 radical (unpaired) electrons. The van der Waals surface area contributed by atoms with E-state index in [0.29, 0.717) is 18.3 Å².